The van der Waals surface area contributed by atoms with Crippen LogP contribution < -0.4 is 10.5 Å². The van der Waals surface area contributed by atoms with Crippen molar-refractivity contribution in [3.63, 3.8) is 0 Å². The Morgan fingerprint density at radius 3 is 2.76 bits per heavy atom. The number of nitriles is 1. The van der Waals surface area contributed by atoms with Gasteiger partial charge in [0.2, 0.25) is 11.6 Å². The molecule has 0 unspecified atom stereocenters. The molecule has 0 saturated heterocycles. The third kappa shape index (κ3) is 3.19. The molecule has 0 bridgehead atoms. The van der Waals surface area contributed by atoms with E-state index in [1.807, 2.05) is 28.7 Å². The Balaban J connectivity index is 2.53. The maximum absolute atomic E-state index is 11.1. The summed E-state index contributed by atoms with van der Waals surface area (Å²) in [5.74, 6) is 0.287. The zero-order valence-electron chi connectivity index (χ0n) is 10.8. The smallest absolute Gasteiger partial charge is 0.314 e. The summed E-state index contributed by atoms with van der Waals surface area (Å²) in [4.78, 5) is 14.6. The van der Waals surface area contributed by atoms with Gasteiger partial charge in [0.25, 0.3) is 0 Å². The quantitative estimate of drug-likeness (QED) is 0.484. The summed E-state index contributed by atoms with van der Waals surface area (Å²) in [7, 11) is 0. The number of nitrogen functional groups attached to an aromatic ring is 1. The fourth-order valence-electron chi connectivity index (χ4n) is 1.67. The summed E-state index contributed by atoms with van der Waals surface area (Å²) in [6.45, 7) is 1.74. The minimum atomic E-state index is -0.592. The van der Waals surface area contributed by atoms with Crippen molar-refractivity contribution in [1.82, 2.24) is 4.98 Å². The Morgan fingerprint density at radius 2 is 2.19 bits per heavy atom. The van der Waals surface area contributed by atoms with Crippen LogP contribution in [0.4, 0.5) is 11.4 Å². The van der Waals surface area contributed by atoms with E-state index in [-0.39, 0.29) is 22.9 Å². The Labute approximate surface area is 133 Å². The molecule has 1 heterocycles. The summed E-state index contributed by atoms with van der Waals surface area (Å²) in [5, 5.41) is 20.0. The number of aryl methyl sites for hydroxylation is 1. The highest BCUT2D eigenvalue weighted by Crippen LogP contribution is 2.37. The van der Waals surface area contributed by atoms with E-state index in [0.29, 0.717) is 14.8 Å². The number of nitrogens with two attached hydrogens (primary N) is 1. The SMILES string of the molecule is Cc1cc(N)cnc1Oc1c(I)cc(C#N)cc1[N+](=O)[O-]. The van der Waals surface area contributed by atoms with Gasteiger partial charge >= 0.3 is 5.69 Å². The van der Waals surface area contributed by atoms with Gasteiger partial charge in [-0.25, -0.2) is 4.98 Å². The molecule has 0 spiro atoms. The van der Waals surface area contributed by atoms with E-state index in [1.54, 1.807) is 13.0 Å². The number of rotatable bonds is 3. The number of benzene rings is 1. The van der Waals surface area contributed by atoms with Gasteiger partial charge in [0.15, 0.2) is 0 Å². The minimum absolute atomic E-state index is 0.0555. The Kier molecular flexibility index (Phi) is 4.23. The standard InChI is InChI=1S/C13H9IN4O3/c1-7-2-9(16)6-17-13(7)21-12-10(14)3-8(5-15)4-11(12)18(19)20/h2-4,6H,16H2,1H3. The molecule has 0 aliphatic heterocycles. The van der Waals surface area contributed by atoms with Gasteiger partial charge in [-0.2, -0.15) is 5.26 Å². The first-order valence-corrected chi connectivity index (χ1v) is 6.78. The summed E-state index contributed by atoms with van der Waals surface area (Å²) in [6.07, 6.45) is 1.41. The second-order valence-electron chi connectivity index (χ2n) is 4.17. The van der Waals surface area contributed by atoms with Crippen molar-refractivity contribution in [2.45, 2.75) is 6.92 Å². The summed E-state index contributed by atoms with van der Waals surface area (Å²) in [5.41, 5.74) is 6.65. The normalized spacial score (nSPS) is 9.95. The molecule has 0 atom stereocenters. The monoisotopic (exact) mass is 396 g/mol. The largest absolute Gasteiger partial charge is 0.430 e. The molecule has 0 fully saturated rings. The number of pyridine rings is 1. The molecule has 0 aliphatic rings. The van der Waals surface area contributed by atoms with E-state index >= 15 is 0 Å². The lowest BCUT2D eigenvalue weighted by Crippen LogP contribution is -2.00. The van der Waals surface area contributed by atoms with Gasteiger partial charge in [-0.05, 0) is 41.6 Å². The lowest BCUT2D eigenvalue weighted by atomic mass is 10.2. The number of hydrogen-bond acceptors (Lipinski definition) is 6. The lowest BCUT2D eigenvalue weighted by molar-refractivity contribution is -0.385. The highest BCUT2D eigenvalue weighted by atomic mass is 127. The van der Waals surface area contributed by atoms with E-state index < -0.39 is 4.92 Å². The Bertz CT molecular complexity index is 771. The van der Waals surface area contributed by atoms with Gasteiger partial charge in [-0.3, -0.25) is 10.1 Å². The molecule has 7 nitrogen and oxygen atoms in total. The second kappa shape index (κ2) is 5.92. The van der Waals surface area contributed by atoms with Crippen molar-refractivity contribution in [3.05, 3.63) is 49.2 Å². The van der Waals surface area contributed by atoms with Crippen LogP contribution in [0.15, 0.2) is 24.4 Å². The molecule has 2 aromatic rings. The molecular weight excluding hydrogens is 387 g/mol. The molecule has 1 aromatic carbocycles. The van der Waals surface area contributed by atoms with Crippen molar-refractivity contribution in [2.24, 2.45) is 0 Å². The first-order valence-electron chi connectivity index (χ1n) is 5.70. The fourth-order valence-corrected chi connectivity index (χ4v) is 2.39. The van der Waals surface area contributed by atoms with E-state index in [2.05, 4.69) is 4.98 Å². The fraction of sp³-hybridized carbons (Fsp3) is 0.0769. The van der Waals surface area contributed by atoms with Gasteiger partial charge in [0.05, 0.1) is 32.0 Å². The lowest BCUT2D eigenvalue weighted by Gasteiger charge is -2.10. The molecular formula is C13H9IN4O3. The zero-order valence-corrected chi connectivity index (χ0v) is 13.0. The molecule has 0 aliphatic carbocycles. The highest BCUT2D eigenvalue weighted by Gasteiger charge is 2.22. The minimum Gasteiger partial charge on any atom is -0.430 e. The number of halogens is 1. The summed E-state index contributed by atoms with van der Waals surface area (Å²) in [6, 6.07) is 6.21. The average Bonchev–Trinajstić information content (AvgIpc) is 2.42. The van der Waals surface area contributed by atoms with Crippen LogP contribution in [0, 0.1) is 31.9 Å². The van der Waals surface area contributed by atoms with Crippen molar-refractivity contribution >= 4 is 34.0 Å². The molecule has 0 saturated carbocycles. The van der Waals surface area contributed by atoms with Gasteiger partial charge in [-0.15, -0.1) is 0 Å². The Morgan fingerprint density at radius 1 is 1.48 bits per heavy atom. The number of nitrogens with zero attached hydrogens (tertiary/aromatic N) is 3. The molecule has 2 N–H and O–H groups in total. The van der Waals surface area contributed by atoms with Crippen molar-refractivity contribution in [3.8, 4) is 17.7 Å². The van der Waals surface area contributed by atoms with E-state index in [9.17, 15) is 10.1 Å². The van der Waals surface area contributed by atoms with Crippen LogP contribution in [0.5, 0.6) is 11.6 Å². The second-order valence-corrected chi connectivity index (χ2v) is 5.33. The highest BCUT2D eigenvalue weighted by molar-refractivity contribution is 14.1. The van der Waals surface area contributed by atoms with Crippen LogP contribution >= 0.6 is 22.6 Å². The predicted octanol–water partition coefficient (Wildman–Crippen LogP) is 3.15. The van der Waals surface area contributed by atoms with Crippen LogP contribution in [0.1, 0.15) is 11.1 Å². The molecule has 21 heavy (non-hydrogen) atoms. The maximum atomic E-state index is 11.1. The number of nitro benzene ring substituents is 1. The molecule has 0 radical (unpaired) electrons. The molecule has 2 rings (SSSR count). The van der Waals surface area contributed by atoms with Crippen molar-refractivity contribution in [1.29, 1.82) is 5.26 Å². The molecule has 106 valence electrons. The van der Waals surface area contributed by atoms with E-state index in [4.69, 9.17) is 15.7 Å². The van der Waals surface area contributed by atoms with Gasteiger partial charge in [0, 0.05) is 11.6 Å². The van der Waals surface area contributed by atoms with E-state index in [0.717, 1.165) is 0 Å². The number of hydrogen-bond donors (Lipinski definition) is 1. The average molecular weight is 396 g/mol. The van der Waals surface area contributed by atoms with Crippen LogP contribution in [0.2, 0.25) is 0 Å². The first-order chi connectivity index (χ1) is 9.92. The number of ether oxygens (including phenoxy) is 1. The molecule has 8 heteroatoms. The number of anilines is 1. The van der Waals surface area contributed by atoms with Gasteiger partial charge in [-0.1, -0.05) is 0 Å². The van der Waals surface area contributed by atoms with Crippen molar-refractivity contribution in [2.75, 3.05) is 5.73 Å². The maximum Gasteiger partial charge on any atom is 0.314 e. The number of aromatic nitrogens is 1. The summed E-state index contributed by atoms with van der Waals surface area (Å²) >= 11 is 1.88. The molecule has 1 aromatic heterocycles. The van der Waals surface area contributed by atoms with Gasteiger partial charge in [0.1, 0.15) is 0 Å². The topological polar surface area (TPSA) is 115 Å². The first kappa shape index (κ1) is 15.0. The van der Waals surface area contributed by atoms with Crippen LogP contribution in [0.3, 0.4) is 0 Å². The van der Waals surface area contributed by atoms with Crippen LogP contribution in [0.25, 0.3) is 0 Å². The third-order valence-corrected chi connectivity index (χ3v) is 3.40. The van der Waals surface area contributed by atoms with Crippen molar-refractivity contribution < 1.29 is 9.66 Å². The zero-order chi connectivity index (χ0) is 15.6. The number of nitro groups is 1. The summed E-state index contributed by atoms with van der Waals surface area (Å²) < 4.78 is 6.02. The predicted molar refractivity (Wildman–Crippen MR) is 84.0 cm³/mol. The Hall–Kier alpha value is -2.41. The molecule has 0 amide bonds. The third-order valence-electron chi connectivity index (χ3n) is 2.60. The van der Waals surface area contributed by atoms with Gasteiger partial charge < -0.3 is 10.5 Å². The van der Waals surface area contributed by atoms with Crippen LogP contribution in [-0.2, 0) is 0 Å². The van der Waals surface area contributed by atoms with Crippen LogP contribution in [-0.4, -0.2) is 9.91 Å². The van der Waals surface area contributed by atoms with E-state index in [1.165, 1.54) is 18.3 Å².